The van der Waals surface area contributed by atoms with Gasteiger partial charge in [0.2, 0.25) is 0 Å². The quantitative estimate of drug-likeness (QED) is 0.858. The molecule has 0 spiro atoms. The van der Waals surface area contributed by atoms with E-state index in [1.54, 1.807) is 24.3 Å². The smallest absolute Gasteiger partial charge is 0.146 e. The van der Waals surface area contributed by atoms with Crippen LogP contribution in [-0.4, -0.2) is 35.2 Å². The molecule has 5 nitrogen and oxygen atoms in total. The number of ether oxygens (including phenoxy) is 1. The summed E-state index contributed by atoms with van der Waals surface area (Å²) >= 11 is 0. The fourth-order valence-corrected chi connectivity index (χ4v) is 3.76. The zero-order valence-corrected chi connectivity index (χ0v) is 13.8. The largest absolute Gasteiger partial charge is 0.497 e. The van der Waals surface area contributed by atoms with E-state index < -0.39 is 23.4 Å². The molecule has 0 bridgehead atoms. The van der Waals surface area contributed by atoms with Crippen molar-refractivity contribution in [3.8, 4) is 5.75 Å². The van der Waals surface area contributed by atoms with E-state index >= 15 is 0 Å². The minimum Gasteiger partial charge on any atom is -0.497 e. The lowest BCUT2D eigenvalue weighted by atomic mass is 9.60. The van der Waals surface area contributed by atoms with Crippen molar-refractivity contribution < 1.29 is 24.2 Å². The van der Waals surface area contributed by atoms with Crippen LogP contribution in [0.1, 0.15) is 38.7 Å². The maximum absolute atomic E-state index is 12.4. The van der Waals surface area contributed by atoms with Crippen molar-refractivity contribution in [2.45, 2.75) is 38.7 Å². The van der Waals surface area contributed by atoms with E-state index in [1.165, 1.54) is 27.9 Å². The minimum absolute atomic E-state index is 0.192. The molecule has 1 N–H and O–H groups in total. The van der Waals surface area contributed by atoms with E-state index in [9.17, 15) is 19.5 Å². The summed E-state index contributed by atoms with van der Waals surface area (Å²) in [5.41, 5.74) is -0.819. The molecule has 1 fully saturated rings. The second-order valence-electron chi connectivity index (χ2n) is 6.48. The molecule has 23 heavy (non-hydrogen) atoms. The molecule has 1 aromatic rings. The summed E-state index contributed by atoms with van der Waals surface area (Å²) in [7, 11) is 1.52. The second kappa shape index (κ2) is 6.24. The van der Waals surface area contributed by atoms with E-state index in [2.05, 4.69) is 0 Å². The summed E-state index contributed by atoms with van der Waals surface area (Å²) in [6.07, 6.45) is -0.192. The van der Waals surface area contributed by atoms with Crippen molar-refractivity contribution in [1.82, 2.24) is 0 Å². The Hall–Kier alpha value is -2.01. The van der Waals surface area contributed by atoms with Crippen molar-refractivity contribution in [3.05, 3.63) is 29.8 Å². The number of methoxy groups -OCH3 is 1. The molecule has 0 aromatic heterocycles. The summed E-state index contributed by atoms with van der Waals surface area (Å²) in [6.45, 7) is 4.23. The standard InChI is InChI=1S/C18H22O5/c1-10(19)15-14(21)9-18(3,22)17(11(2)20)16(15)12-6-5-7-13(8-12)23-4/h5-8,15-17,22H,9H2,1-4H3/t15-,16-,17+,18-/m1/s1. The number of benzene rings is 1. The number of ketones is 3. The Morgan fingerprint density at radius 2 is 1.91 bits per heavy atom. The van der Waals surface area contributed by atoms with Gasteiger partial charge in [-0.05, 0) is 38.5 Å². The third-order valence-corrected chi connectivity index (χ3v) is 4.62. The highest BCUT2D eigenvalue weighted by Crippen LogP contribution is 2.46. The van der Waals surface area contributed by atoms with Crippen LogP contribution in [0.25, 0.3) is 0 Å². The van der Waals surface area contributed by atoms with Gasteiger partial charge < -0.3 is 9.84 Å². The normalized spacial score (nSPS) is 30.8. The molecule has 124 valence electrons. The Balaban J connectivity index is 2.64. The van der Waals surface area contributed by atoms with Gasteiger partial charge in [-0.15, -0.1) is 0 Å². The maximum Gasteiger partial charge on any atom is 0.146 e. The lowest BCUT2D eigenvalue weighted by molar-refractivity contribution is -0.151. The molecule has 0 amide bonds. The predicted octanol–water partition coefficient (Wildman–Crippen LogP) is 1.91. The Morgan fingerprint density at radius 1 is 1.26 bits per heavy atom. The molecule has 0 saturated heterocycles. The molecule has 1 saturated carbocycles. The highest BCUT2D eigenvalue weighted by atomic mass is 16.5. The molecule has 2 rings (SSSR count). The third-order valence-electron chi connectivity index (χ3n) is 4.62. The van der Waals surface area contributed by atoms with Gasteiger partial charge >= 0.3 is 0 Å². The number of hydrogen-bond acceptors (Lipinski definition) is 5. The van der Waals surface area contributed by atoms with Crippen LogP contribution >= 0.6 is 0 Å². The van der Waals surface area contributed by atoms with E-state index in [0.717, 1.165) is 0 Å². The van der Waals surface area contributed by atoms with Gasteiger partial charge in [0.25, 0.3) is 0 Å². The van der Waals surface area contributed by atoms with Gasteiger partial charge in [-0.1, -0.05) is 12.1 Å². The zero-order chi connectivity index (χ0) is 17.4. The summed E-state index contributed by atoms with van der Waals surface area (Å²) in [5.74, 6) is -2.70. The van der Waals surface area contributed by atoms with Crippen molar-refractivity contribution in [3.63, 3.8) is 0 Å². The van der Waals surface area contributed by atoms with Gasteiger partial charge in [0.1, 0.15) is 23.1 Å². The van der Waals surface area contributed by atoms with Crippen LogP contribution in [0.5, 0.6) is 5.75 Å². The maximum atomic E-state index is 12.4. The highest BCUT2D eigenvalue weighted by Gasteiger charge is 2.53. The van der Waals surface area contributed by atoms with Crippen molar-refractivity contribution in [2.24, 2.45) is 11.8 Å². The van der Waals surface area contributed by atoms with Crippen molar-refractivity contribution in [1.29, 1.82) is 0 Å². The van der Waals surface area contributed by atoms with Gasteiger partial charge in [-0.2, -0.15) is 0 Å². The number of Topliss-reactive ketones (excluding diaryl/α,β-unsaturated/α-hetero) is 3. The first-order valence-electron chi connectivity index (χ1n) is 7.59. The lowest BCUT2D eigenvalue weighted by Gasteiger charge is -2.44. The van der Waals surface area contributed by atoms with Crippen LogP contribution in [0.15, 0.2) is 24.3 Å². The topological polar surface area (TPSA) is 80.7 Å². The first-order chi connectivity index (χ1) is 10.7. The van der Waals surface area contributed by atoms with Gasteiger partial charge in [-0.25, -0.2) is 0 Å². The summed E-state index contributed by atoms with van der Waals surface area (Å²) in [4.78, 5) is 36.7. The molecule has 0 heterocycles. The van der Waals surface area contributed by atoms with E-state index in [-0.39, 0.29) is 23.8 Å². The van der Waals surface area contributed by atoms with E-state index in [1.807, 2.05) is 0 Å². The molecule has 4 atom stereocenters. The first kappa shape index (κ1) is 17.3. The Labute approximate surface area is 135 Å². The second-order valence-corrected chi connectivity index (χ2v) is 6.48. The summed E-state index contributed by atoms with van der Waals surface area (Å²) in [5, 5.41) is 10.6. The predicted molar refractivity (Wildman–Crippen MR) is 84.3 cm³/mol. The number of carbonyl (C=O) groups excluding carboxylic acids is 3. The van der Waals surface area contributed by atoms with Gasteiger partial charge in [0, 0.05) is 12.3 Å². The molecule has 1 aliphatic rings. The molecule has 1 aliphatic carbocycles. The highest BCUT2D eigenvalue weighted by molar-refractivity contribution is 6.05. The number of rotatable bonds is 4. The van der Waals surface area contributed by atoms with Crippen molar-refractivity contribution in [2.75, 3.05) is 7.11 Å². The first-order valence-corrected chi connectivity index (χ1v) is 7.59. The fraction of sp³-hybridized carbons (Fsp3) is 0.500. The Morgan fingerprint density at radius 3 is 2.43 bits per heavy atom. The van der Waals surface area contributed by atoms with Gasteiger partial charge in [0.05, 0.1) is 24.5 Å². The fourth-order valence-electron chi connectivity index (χ4n) is 3.76. The lowest BCUT2D eigenvalue weighted by Crippen LogP contribution is -2.53. The molecule has 0 aliphatic heterocycles. The van der Waals surface area contributed by atoms with Crippen LogP contribution in [-0.2, 0) is 14.4 Å². The Bertz CT molecular complexity index is 647. The number of carbonyl (C=O) groups is 3. The SMILES string of the molecule is COc1cccc([C@@H]2[C@H](C(C)=O)C(=O)C[C@@](C)(O)[C@H]2C(C)=O)c1. The molecular weight excluding hydrogens is 296 g/mol. The molecule has 1 aromatic carbocycles. The molecule has 0 unspecified atom stereocenters. The minimum atomic E-state index is -1.47. The number of hydrogen-bond donors (Lipinski definition) is 1. The van der Waals surface area contributed by atoms with Gasteiger partial charge in [0.15, 0.2) is 0 Å². The van der Waals surface area contributed by atoms with Crippen LogP contribution in [0.4, 0.5) is 0 Å². The summed E-state index contributed by atoms with van der Waals surface area (Å²) < 4.78 is 5.20. The van der Waals surface area contributed by atoms with Gasteiger partial charge in [-0.3, -0.25) is 14.4 Å². The zero-order valence-electron chi connectivity index (χ0n) is 13.8. The van der Waals surface area contributed by atoms with Crippen LogP contribution < -0.4 is 4.74 Å². The van der Waals surface area contributed by atoms with E-state index in [0.29, 0.717) is 11.3 Å². The average Bonchev–Trinajstić information content (AvgIpc) is 2.44. The van der Waals surface area contributed by atoms with E-state index in [4.69, 9.17) is 4.74 Å². The molecular formula is C18H22O5. The van der Waals surface area contributed by atoms with Crippen LogP contribution in [0, 0.1) is 11.8 Å². The molecule has 0 radical (unpaired) electrons. The molecule has 5 heteroatoms. The summed E-state index contributed by atoms with van der Waals surface area (Å²) in [6, 6.07) is 6.97. The average molecular weight is 318 g/mol. The monoisotopic (exact) mass is 318 g/mol. The Kier molecular flexibility index (Phi) is 4.71. The number of aliphatic hydroxyl groups is 1. The van der Waals surface area contributed by atoms with Crippen LogP contribution in [0.3, 0.4) is 0 Å². The van der Waals surface area contributed by atoms with Crippen LogP contribution in [0.2, 0.25) is 0 Å². The van der Waals surface area contributed by atoms with Crippen molar-refractivity contribution >= 4 is 17.3 Å². The third kappa shape index (κ3) is 3.20.